The first-order chi connectivity index (χ1) is 10.4. The average molecular weight is 319 g/mol. The van der Waals surface area contributed by atoms with Gasteiger partial charge in [0.15, 0.2) is 6.10 Å². The summed E-state index contributed by atoms with van der Waals surface area (Å²) >= 11 is 1.25. The summed E-state index contributed by atoms with van der Waals surface area (Å²) in [6.07, 6.45) is 6.64. The molecule has 0 aliphatic heterocycles. The SMILES string of the molecule is C#CC(C)OC(=O)N(C)c1sc(-c2cncc(F)c2)nc1C. The number of aromatic nitrogens is 2. The standard InChI is InChI=1S/C15H14FN3O2S/c1-5-9(2)21-15(20)19(4)14-10(3)18-13(22-14)11-6-12(16)8-17-7-11/h1,6-9H,2-4H3. The summed E-state index contributed by atoms with van der Waals surface area (Å²) in [5.41, 5.74) is 1.19. The maximum absolute atomic E-state index is 13.2. The number of terminal acetylenes is 1. The minimum atomic E-state index is -0.616. The molecule has 0 saturated carbocycles. The number of rotatable bonds is 3. The smallest absolute Gasteiger partial charge is 0.415 e. The zero-order chi connectivity index (χ0) is 16.3. The van der Waals surface area contributed by atoms with Crippen LogP contribution in [0.4, 0.5) is 14.2 Å². The lowest BCUT2D eigenvalue weighted by atomic mass is 10.3. The largest absolute Gasteiger partial charge is 0.433 e. The first-order valence-electron chi connectivity index (χ1n) is 6.41. The number of hydrogen-bond acceptors (Lipinski definition) is 5. The Hall–Kier alpha value is -2.46. The van der Waals surface area contributed by atoms with Gasteiger partial charge in [0, 0.05) is 18.8 Å². The van der Waals surface area contributed by atoms with E-state index in [0.717, 1.165) is 6.20 Å². The molecule has 2 aromatic rings. The second-order valence-electron chi connectivity index (χ2n) is 4.55. The third kappa shape index (κ3) is 3.40. The zero-order valence-electron chi connectivity index (χ0n) is 12.3. The Morgan fingerprint density at radius 2 is 2.27 bits per heavy atom. The van der Waals surface area contributed by atoms with Crippen LogP contribution >= 0.6 is 11.3 Å². The van der Waals surface area contributed by atoms with Crippen LogP contribution in [0.2, 0.25) is 0 Å². The molecule has 0 fully saturated rings. The number of carbonyl (C=O) groups is 1. The van der Waals surface area contributed by atoms with E-state index < -0.39 is 18.0 Å². The van der Waals surface area contributed by atoms with Gasteiger partial charge in [0.1, 0.15) is 15.8 Å². The lowest BCUT2D eigenvalue weighted by molar-refractivity contribution is 0.139. The van der Waals surface area contributed by atoms with Crippen LogP contribution in [0.15, 0.2) is 18.5 Å². The predicted octanol–water partition coefficient (Wildman–Crippen LogP) is 3.25. The maximum Gasteiger partial charge on any atom is 0.415 e. The first kappa shape index (κ1) is 15.9. The quantitative estimate of drug-likeness (QED) is 0.815. The second-order valence-corrected chi connectivity index (χ2v) is 5.53. The van der Waals surface area contributed by atoms with Crippen molar-refractivity contribution in [3.63, 3.8) is 0 Å². The fourth-order valence-corrected chi connectivity index (χ4v) is 2.70. The number of aryl methyl sites for hydroxylation is 1. The molecule has 0 N–H and O–H groups in total. The minimum Gasteiger partial charge on any atom is -0.433 e. The molecular formula is C15H14FN3O2S. The molecule has 2 aromatic heterocycles. The Balaban J connectivity index is 2.26. The van der Waals surface area contributed by atoms with Gasteiger partial charge in [0.25, 0.3) is 0 Å². The van der Waals surface area contributed by atoms with Crippen LogP contribution in [0.1, 0.15) is 12.6 Å². The fourth-order valence-electron chi connectivity index (χ4n) is 1.70. The van der Waals surface area contributed by atoms with E-state index in [4.69, 9.17) is 11.2 Å². The third-order valence-corrected chi connectivity index (χ3v) is 4.10. The average Bonchev–Trinajstić information content (AvgIpc) is 2.88. The van der Waals surface area contributed by atoms with Gasteiger partial charge in [-0.3, -0.25) is 9.88 Å². The van der Waals surface area contributed by atoms with Crippen molar-refractivity contribution in [2.45, 2.75) is 20.0 Å². The number of halogens is 1. The van der Waals surface area contributed by atoms with Crippen LogP contribution < -0.4 is 4.90 Å². The summed E-state index contributed by atoms with van der Waals surface area (Å²) < 4.78 is 18.3. The molecule has 2 rings (SSSR count). The topological polar surface area (TPSA) is 55.3 Å². The van der Waals surface area contributed by atoms with Gasteiger partial charge in [-0.2, -0.15) is 0 Å². The van der Waals surface area contributed by atoms with Crippen LogP contribution in [-0.2, 0) is 4.74 Å². The fraction of sp³-hybridized carbons (Fsp3) is 0.267. The molecule has 0 aromatic carbocycles. The van der Waals surface area contributed by atoms with E-state index in [9.17, 15) is 9.18 Å². The van der Waals surface area contributed by atoms with Gasteiger partial charge in [0.05, 0.1) is 11.9 Å². The molecule has 1 unspecified atom stereocenters. The summed E-state index contributed by atoms with van der Waals surface area (Å²) in [5, 5.41) is 1.18. The highest BCUT2D eigenvalue weighted by molar-refractivity contribution is 7.19. The highest BCUT2D eigenvalue weighted by atomic mass is 32.1. The van der Waals surface area contributed by atoms with E-state index in [-0.39, 0.29) is 0 Å². The first-order valence-corrected chi connectivity index (χ1v) is 7.23. The van der Waals surface area contributed by atoms with Crippen molar-refractivity contribution >= 4 is 22.4 Å². The van der Waals surface area contributed by atoms with Gasteiger partial charge in [-0.1, -0.05) is 17.3 Å². The van der Waals surface area contributed by atoms with E-state index in [1.54, 1.807) is 20.9 Å². The van der Waals surface area contributed by atoms with Crippen molar-refractivity contribution in [3.05, 3.63) is 30.0 Å². The molecule has 1 amide bonds. The molecule has 7 heteroatoms. The van der Waals surface area contributed by atoms with Crippen molar-refractivity contribution in [2.75, 3.05) is 11.9 Å². The van der Waals surface area contributed by atoms with Crippen molar-refractivity contribution in [2.24, 2.45) is 0 Å². The van der Waals surface area contributed by atoms with Crippen molar-refractivity contribution in [1.29, 1.82) is 0 Å². The lowest BCUT2D eigenvalue weighted by Gasteiger charge is -2.16. The number of anilines is 1. The Bertz CT molecular complexity index is 739. The molecule has 22 heavy (non-hydrogen) atoms. The molecule has 0 aliphatic rings. The molecule has 0 radical (unpaired) electrons. The van der Waals surface area contributed by atoms with E-state index in [1.165, 1.54) is 28.5 Å². The summed E-state index contributed by atoms with van der Waals surface area (Å²) in [5.74, 6) is 1.88. The van der Waals surface area contributed by atoms with E-state index in [1.807, 2.05) is 0 Å². The zero-order valence-corrected chi connectivity index (χ0v) is 13.1. The van der Waals surface area contributed by atoms with Gasteiger partial charge in [-0.05, 0) is 19.9 Å². The molecule has 1 atom stereocenters. The van der Waals surface area contributed by atoms with Crippen LogP contribution in [0, 0.1) is 25.1 Å². The third-order valence-electron chi connectivity index (χ3n) is 2.81. The van der Waals surface area contributed by atoms with Gasteiger partial charge < -0.3 is 4.74 Å². The molecule has 0 aliphatic carbocycles. The second kappa shape index (κ2) is 6.54. The number of hydrogen-bond donors (Lipinski definition) is 0. The van der Waals surface area contributed by atoms with Crippen molar-refractivity contribution in [1.82, 2.24) is 9.97 Å². The highest BCUT2D eigenvalue weighted by Gasteiger charge is 2.20. The van der Waals surface area contributed by atoms with Crippen LogP contribution in [0.5, 0.6) is 0 Å². The summed E-state index contributed by atoms with van der Waals surface area (Å²) in [6.45, 7) is 3.37. The molecule has 0 spiro atoms. The van der Waals surface area contributed by atoms with Crippen LogP contribution in [-0.4, -0.2) is 29.2 Å². The molecule has 0 bridgehead atoms. The number of ether oxygens (including phenoxy) is 1. The number of thiazole rings is 1. The molecule has 2 heterocycles. The predicted molar refractivity (Wildman–Crippen MR) is 83.2 cm³/mol. The van der Waals surface area contributed by atoms with Crippen LogP contribution in [0.3, 0.4) is 0 Å². The van der Waals surface area contributed by atoms with E-state index >= 15 is 0 Å². The number of carbonyl (C=O) groups excluding carboxylic acids is 1. The summed E-state index contributed by atoms with van der Waals surface area (Å²) in [7, 11) is 1.57. The minimum absolute atomic E-state index is 0.442. The van der Waals surface area contributed by atoms with Gasteiger partial charge in [0.2, 0.25) is 0 Å². The van der Waals surface area contributed by atoms with E-state index in [0.29, 0.717) is 21.3 Å². The van der Waals surface area contributed by atoms with Gasteiger partial charge in [-0.15, -0.1) is 6.42 Å². The molecule has 5 nitrogen and oxygen atoms in total. The van der Waals surface area contributed by atoms with Gasteiger partial charge >= 0.3 is 6.09 Å². The number of amides is 1. The van der Waals surface area contributed by atoms with E-state index in [2.05, 4.69) is 15.9 Å². The van der Waals surface area contributed by atoms with Crippen molar-refractivity contribution in [3.8, 4) is 22.9 Å². The summed E-state index contributed by atoms with van der Waals surface area (Å²) in [4.78, 5) is 21.5. The number of nitrogens with zero attached hydrogens (tertiary/aromatic N) is 3. The molecule has 114 valence electrons. The normalized spacial score (nSPS) is 11.6. The Kier molecular flexibility index (Phi) is 4.73. The van der Waals surface area contributed by atoms with Gasteiger partial charge in [-0.25, -0.2) is 14.2 Å². The molecular weight excluding hydrogens is 305 g/mol. The lowest BCUT2D eigenvalue weighted by Crippen LogP contribution is -2.29. The highest BCUT2D eigenvalue weighted by Crippen LogP contribution is 2.34. The summed E-state index contributed by atoms with van der Waals surface area (Å²) in [6, 6.07) is 1.34. The Labute approximate surface area is 131 Å². The van der Waals surface area contributed by atoms with Crippen molar-refractivity contribution < 1.29 is 13.9 Å². The maximum atomic E-state index is 13.2. The Morgan fingerprint density at radius 3 is 2.91 bits per heavy atom. The molecule has 0 saturated heterocycles. The van der Waals surface area contributed by atoms with Crippen LogP contribution in [0.25, 0.3) is 10.6 Å². The Morgan fingerprint density at radius 1 is 1.55 bits per heavy atom. The monoisotopic (exact) mass is 319 g/mol. The number of pyridine rings is 1.